The number of hydrazone groups is 1. The van der Waals surface area contributed by atoms with Gasteiger partial charge in [0.15, 0.2) is 11.5 Å². The Kier molecular flexibility index (Phi) is 7.64. The van der Waals surface area contributed by atoms with Gasteiger partial charge in [-0.05, 0) is 47.0 Å². The van der Waals surface area contributed by atoms with E-state index < -0.39 is 11.7 Å². The third-order valence-electron chi connectivity index (χ3n) is 4.94. The Morgan fingerprint density at radius 1 is 0.765 bits per heavy atom. The van der Waals surface area contributed by atoms with Gasteiger partial charge in [0.25, 0.3) is 5.91 Å². The molecule has 5 nitrogen and oxygen atoms in total. The fraction of sp³-hybridized carbons (Fsp3) is 0.0714. The summed E-state index contributed by atoms with van der Waals surface area (Å²) in [6.07, 6.45) is 1.47. The van der Waals surface area contributed by atoms with Crippen molar-refractivity contribution in [2.45, 2.75) is 13.2 Å². The van der Waals surface area contributed by atoms with E-state index in [4.69, 9.17) is 9.47 Å². The van der Waals surface area contributed by atoms with Gasteiger partial charge in [-0.1, -0.05) is 72.8 Å². The van der Waals surface area contributed by atoms with E-state index in [0.717, 1.165) is 11.1 Å². The number of hydrogen-bond donors (Lipinski definition) is 1. The lowest BCUT2D eigenvalue weighted by molar-refractivity contribution is 0.0951. The molecule has 0 radical (unpaired) electrons. The highest BCUT2D eigenvalue weighted by Crippen LogP contribution is 2.29. The lowest BCUT2D eigenvalue weighted by Crippen LogP contribution is -2.18. The highest BCUT2D eigenvalue weighted by molar-refractivity contribution is 5.95. The number of halogens is 1. The second-order valence-electron chi connectivity index (χ2n) is 7.43. The van der Waals surface area contributed by atoms with Crippen molar-refractivity contribution in [1.82, 2.24) is 5.43 Å². The molecule has 0 unspecified atom stereocenters. The van der Waals surface area contributed by atoms with Crippen molar-refractivity contribution in [3.63, 3.8) is 0 Å². The molecular weight excluding hydrogens is 431 g/mol. The fourth-order valence-electron chi connectivity index (χ4n) is 3.18. The van der Waals surface area contributed by atoms with E-state index in [1.807, 2.05) is 60.7 Å². The summed E-state index contributed by atoms with van der Waals surface area (Å²) >= 11 is 0. The van der Waals surface area contributed by atoms with Gasteiger partial charge in [-0.25, -0.2) is 9.82 Å². The van der Waals surface area contributed by atoms with Crippen molar-refractivity contribution in [2.75, 3.05) is 0 Å². The Hall–Kier alpha value is -4.45. The van der Waals surface area contributed by atoms with Gasteiger partial charge in [-0.3, -0.25) is 4.79 Å². The molecule has 4 aromatic rings. The maximum absolute atomic E-state index is 13.8. The Bertz CT molecular complexity index is 1260. The number of ether oxygens (including phenoxy) is 2. The first-order chi connectivity index (χ1) is 16.7. The highest BCUT2D eigenvalue weighted by Gasteiger charge is 2.10. The minimum Gasteiger partial charge on any atom is -0.485 e. The largest absolute Gasteiger partial charge is 0.485 e. The van der Waals surface area contributed by atoms with Crippen LogP contribution in [-0.4, -0.2) is 12.1 Å². The van der Waals surface area contributed by atoms with Crippen LogP contribution in [0.4, 0.5) is 4.39 Å². The van der Waals surface area contributed by atoms with E-state index >= 15 is 0 Å². The number of benzene rings is 4. The van der Waals surface area contributed by atoms with Crippen molar-refractivity contribution < 1.29 is 18.7 Å². The number of nitrogens with zero attached hydrogens (tertiary/aromatic N) is 1. The van der Waals surface area contributed by atoms with E-state index in [-0.39, 0.29) is 5.56 Å². The minimum atomic E-state index is -0.627. The molecule has 1 N–H and O–H groups in total. The molecule has 0 aliphatic carbocycles. The predicted molar refractivity (Wildman–Crippen MR) is 129 cm³/mol. The van der Waals surface area contributed by atoms with Crippen LogP contribution >= 0.6 is 0 Å². The van der Waals surface area contributed by atoms with Gasteiger partial charge in [-0.2, -0.15) is 5.10 Å². The second kappa shape index (κ2) is 11.4. The first kappa shape index (κ1) is 22.7. The molecule has 34 heavy (non-hydrogen) atoms. The minimum absolute atomic E-state index is 0.0730. The molecule has 4 rings (SSSR count). The van der Waals surface area contributed by atoms with Crippen LogP contribution in [-0.2, 0) is 13.2 Å². The summed E-state index contributed by atoms with van der Waals surface area (Å²) in [7, 11) is 0. The van der Waals surface area contributed by atoms with Crippen LogP contribution in [0.3, 0.4) is 0 Å². The van der Waals surface area contributed by atoms with Crippen LogP contribution in [0, 0.1) is 5.82 Å². The Labute approximate surface area is 197 Å². The van der Waals surface area contributed by atoms with E-state index in [1.54, 1.807) is 24.3 Å². The lowest BCUT2D eigenvalue weighted by Gasteiger charge is -2.14. The SMILES string of the molecule is O=C(N/N=C/c1ccc(OCc2ccccc2)c(OCc2ccccc2)c1)c1ccccc1F. The molecule has 0 heterocycles. The van der Waals surface area contributed by atoms with Crippen molar-refractivity contribution in [3.8, 4) is 11.5 Å². The van der Waals surface area contributed by atoms with Gasteiger partial charge >= 0.3 is 0 Å². The standard InChI is InChI=1S/C28H23FN2O3/c29-25-14-8-7-13-24(25)28(32)31-30-18-23-15-16-26(33-19-21-9-3-1-4-10-21)27(17-23)34-20-22-11-5-2-6-12-22/h1-18H,19-20H2,(H,31,32)/b30-18+. The maximum Gasteiger partial charge on any atom is 0.274 e. The molecule has 170 valence electrons. The van der Waals surface area contributed by atoms with Crippen molar-refractivity contribution in [1.29, 1.82) is 0 Å². The molecule has 0 fully saturated rings. The van der Waals surface area contributed by atoms with Crippen LogP contribution in [0.25, 0.3) is 0 Å². The van der Waals surface area contributed by atoms with Gasteiger partial charge in [-0.15, -0.1) is 0 Å². The molecule has 0 spiro atoms. The van der Waals surface area contributed by atoms with Crippen LogP contribution in [0.2, 0.25) is 0 Å². The zero-order valence-electron chi connectivity index (χ0n) is 18.4. The summed E-state index contributed by atoms with van der Waals surface area (Å²) in [4.78, 5) is 12.1. The first-order valence-corrected chi connectivity index (χ1v) is 10.7. The van der Waals surface area contributed by atoms with E-state index in [2.05, 4.69) is 10.5 Å². The second-order valence-corrected chi connectivity index (χ2v) is 7.43. The summed E-state index contributed by atoms with van der Waals surface area (Å²) in [5, 5.41) is 3.95. The Balaban J connectivity index is 1.48. The first-order valence-electron chi connectivity index (χ1n) is 10.7. The topological polar surface area (TPSA) is 59.9 Å². The van der Waals surface area contributed by atoms with Gasteiger partial charge in [0.2, 0.25) is 0 Å². The zero-order chi connectivity index (χ0) is 23.6. The predicted octanol–water partition coefficient (Wildman–Crippen LogP) is 5.75. The van der Waals surface area contributed by atoms with Crippen LogP contribution in [0.1, 0.15) is 27.0 Å². The quantitative estimate of drug-likeness (QED) is 0.259. The van der Waals surface area contributed by atoms with Crippen molar-refractivity contribution >= 4 is 12.1 Å². The summed E-state index contributed by atoms with van der Waals surface area (Å²) in [6, 6.07) is 30.8. The molecule has 0 aliphatic rings. The average molecular weight is 455 g/mol. The van der Waals surface area contributed by atoms with Crippen LogP contribution in [0.15, 0.2) is 108 Å². The molecule has 0 bridgehead atoms. The van der Waals surface area contributed by atoms with Gasteiger partial charge < -0.3 is 9.47 Å². The number of rotatable bonds is 9. The molecule has 4 aromatic carbocycles. The third kappa shape index (κ3) is 6.29. The number of nitrogens with one attached hydrogen (secondary N) is 1. The summed E-state index contributed by atoms with van der Waals surface area (Å²) in [6.45, 7) is 0.766. The highest BCUT2D eigenvalue weighted by atomic mass is 19.1. The molecule has 0 saturated carbocycles. The van der Waals surface area contributed by atoms with Crippen LogP contribution in [0.5, 0.6) is 11.5 Å². The Morgan fingerprint density at radius 2 is 1.35 bits per heavy atom. The Morgan fingerprint density at radius 3 is 2.00 bits per heavy atom. The zero-order valence-corrected chi connectivity index (χ0v) is 18.4. The molecule has 0 atom stereocenters. The number of amides is 1. The molecule has 6 heteroatoms. The monoisotopic (exact) mass is 454 g/mol. The summed E-state index contributed by atoms with van der Waals surface area (Å²) in [5.74, 6) is -0.0964. The smallest absolute Gasteiger partial charge is 0.274 e. The lowest BCUT2D eigenvalue weighted by atomic mass is 10.2. The maximum atomic E-state index is 13.8. The van der Waals surface area contributed by atoms with Gasteiger partial charge in [0.05, 0.1) is 11.8 Å². The molecule has 1 amide bonds. The third-order valence-corrected chi connectivity index (χ3v) is 4.94. The summed E-state index contributed by atoms with van der Waals surface area (Å²) in [5.41, 5.74) is 5.02. The number of hydrogen-bond acceptors (Lipinski definition) is 4. The molecule has 0 aliphatic heterocycles. The molecule has 0 aromatic heterocycles. The van der Waals surface area contributed by atoms with E-state index in [9.17, 15) is 9.18 Å². The van der Waals surface area contributed by atoms with Gasteiger partial charge in [0, 0.05) is 0 Å². The van der Waals surface area contributed by atoms with E-state index in [1.165, 1.54) is 24.4 Å². The van der Waals surface area contributed by atoms with Crippen molar-refractivity contribution in [2.24, 2.45) is 5.10 Å². The van der Waals surface area contributed by atoms with Gasteiger partial charge in [0.1, 0.15) is 19.0 Å². The summed E-state index contributed by atoms with van der Waals surface area (Å²) < 4.78 is 25.8. The number of carbonyl (C=O) groups is 1. The fourth-order valence-corrected chi connectivity index (χ4v) is 3.18. The van der Waals surface area contributed by atoms with Crippen molar-refractivity contribution in [3.05, 3.63) is 131 Å². The van der Waals surface area contributed by atoms with Crippen LogP contribution < -0.4 is 14.9 Å². The van der Waals surface area contributed by atoms with E-state index in [0.29, 0.717) is 30.3 Å². The molecule has 0 saturated heterocycles. The average Bonchev–Trinajstić information content (AvgIpc) is 2.88. The normalized spacial score (nSPS) is 10.7. The number of carbonyl (C=O) groups excluding carboxylic acids is 1. The molecular formula is C28H23FN2O3.